The molecule has 0 fully saturated rings. The molecule has 0 aliphatic carbocycles. The van der Waals surface area contributed by atoms with Gasteiger partial charge in [0, 0.05) is 36.3 Å². The number of benzene rings is 2. The summed E-state index contributed by atoms with van der Waals surface area (Å²) in [6.07, 6.45) is 1.72. The van der Waals surface area contributed by atoms with E-state index in [0.717, 1.165) is 29.0 Å². The molecule has 2 aliphatic heterocycles. The average Bonchev–Trinajstić information content (AvgIpc) is 2.96. The zero-order chi connectivity index (χ0) is 19.0. The molecule has 0 spiro atoms. The summed E-state index contributed by atoms with van der Waals surface area (Å²) in [6.45, 7) is 4.55. The Kier molecular flexibility index (Phi) is 4.91. The lowest BCUT2D eigenvalue weighted by atomic mass is 10.00. The Morgan fingerprint density at radius 1 is 1.30 bits per heavy atom. The van der Waals surface area contributed by atoms with E-state index in [-0.39, 0.29) is 5.78 Å². The fourth-order valence-electron chi connectivity index (χ4n) is 3.41. The van der Waals surface area contributed by atoms with Crippen LogP contribution in [0.5, 0.6) is 11.5 Å². The molecular weight excluding hydrogens is 366 g/mol. The van der Waals surface area contributed by atoms with Gasteiger partial charge in [-0.2, -0.15) is 0 Å². The molecule has 27 heavy (non-hydrogen) atoms. The Labute approximate surface area is 163 Å². The number of ketones is 1. The minimum atomic E-state index is -0.120. The van der Waals surface area contributed by atoms with E-state index < -0.39 is 0 Å². The van der Waals surface area contributed by atoms with E-state index in [1.165, 1.54) is 0 Å². The first-order valence-corrected chi connectivity index (χ1v) is 9.15. The number of halogens is 1. The van der Waals surface area contributed by atoms with Crippen LogP contribution in [0, 0.1) is 6.92 Å². The van der Waals surface area contributed by atoms with Gasteiger partial charge in [-0.1, -0.05) is 23.7 Å². The molecule has 0 aromatic heterocycles. The molecule has 0 unspecified atom stereocenters. The van der Waals surface area contributed by atoms with Crippen LogP contribution >= 0.6 is 11.6 Å². The summed E-state index contributed by atoms with van der Waals surface area (Å²) in [7, 11) is 1.68. The van der Waals surface area contributed by atoms with Crippen LogP contribution in [-0.2, 0) is 11.3 Å². The highest BCUT2D eigenvalue weighted by Gasteiger charge is 2.33. The minimum Gasteiger partial charge on any atom is -0.477 e. The van der Waals surface area contributed by atoms with Gasteiger partial charge in [0.15, 0.2) is 5.76 Å². The van der Waals surface area contributed by atoms with Crippen LogP contribution in [0.3, 0.4) is 0 Å². The Morgan fingerprint density at radius 3 is 2.93 bits per heavy atom. The molecule has 0 saturated heterocycles. The van der Waals surface area contributed by atoms with E-state index in [1.807, 2.05) is 25.1 Å². The van der Waals surface area contributed by atoms with Crippen molar-refractivity contribution in [1.82, 2.24) is 4.90 Å². The van der Waals surface area contributed by atoms with Crippen molar-refractivity contribution in [1.29, 1.82) is 0 Å². The molecule has 140 valence electrons. The summed E-state index contributed by atoms with van der Waals surface area (Å²) in [5, 5.41) is 0.614. The fraction of sp³-hybridized carbons (Fsp3) is 0.286. The van der Waals surface area contributed by atoms with Gasteiger partial charge in [0.1, 0.15) is 18.2 Å². The van der Waals surface area contributed by atoms with Gasteiger partial charge in [0.05, 0.1) is 12.2 Å². The predicted molar refractivity (Wildman–Crippen MR) is 103 cm³/mol. The molecule has 2 aromatic rings. The van der Waals surface area contributed by atoms with E-state index >= 15 is 0 Å². The number of rotatable bonds is 4. The summed E-state index contributed by atoms with van der Waals surface area (Å²) in [5.41, 5.74) is 3.26. The number of hydrogen-bond donors (Lipinski definition) is 0. The highest BCUT2D eigenvalue weighted by molar-refractivity contribution is 6.30. The number of hydrogen-bond acceptors (Lipinski definition) is 5. The molecule has 0 bridgehead atoms. The lowest BCUT2D eigenvalue weighted by Crippen LogP contribution is -2.34. The van der Waals surface area contributed by atoms with Crippen molar-refractivity contribution in [2.75, 3.05) is 27.0 Å². The predicted octanol–water partition coefficient (Wildman–Crippen LogP) is 4.06. The van der Waals surface area contributed by atoms with Crippen molar-refractivity contribution >= 4 is 23.5 Å². The number of allylic oxidation sites excluding steroid dienone is 1. The molecule has 0 atom stereocenters. The van der Waals surface area contributed by atoms with E-state index in [9.17, 15) is 4.79 Å². The van der Waals surface area contributed by atoms with E-state index in [2.05, 4.69) is 4.90 Å². The maximum atomic E-state index is 12.9. The van der Waals surface area contributed by atoms with Crippen molar-refractivity contribution in [2.45, 2.75) is 13.5 Å². The number of methoxy groups -OCH3 is 1. The third-order valence-corrected chi connectivity index (χ3v) is 5.00. The van der Waals surface area contributed by atoms with Gasteiger partial charge in [-0.15, -0.1) is 0 Å². The smallest absolute Gasteiger partial charge is 0.231 e. The number of Topliss-reactive ketones (excluding diaryl/α,β-unsaturated/α-hetero) is 1. The molecule has 0 radical (unpaired) electrons. The molecule has 0 N–H and O–H groups in total. The zero-order valence-electron chi connectivity index (χ0n) is 15.3. The number of carbonyl (C=O) groups excluding carboxylic acids is 1. The third-order valence-electron chi connectivity index (χ3n) is 4.76. The van der Waals surface area contributed by atoms with Gasteiger partial charge in [0.2, 0.25) is 5.78 Å². The van der Waals surface area contributed by atoms with Crippen molar-refractivity contribution in [3.63, 3.8) is 0 Å². The van der Waals surface area contributed by atoms with Gasteiger partial charge in [0.25, 0.3) is 0 Å². The van der Waals surface area contributed by atoms with Gasteiger partial charge in [-0.05, 0) is 36.8 Å². The van der Waals surface area contributed by atoms with Crippen LogP contribution in [0.1, 0.15) is 27.0 Å². The molecule has 0 saturated carbocycles. The van der Waals surface area contributed by atoms with Gasteiger partial charge < -0.3 is 14.2 Å². The van der Waals surface area contributed by atoms with Crippen LogP contribution in [-0.4, -0.2) is 37.7 Å². The lowest BCUT2D eigenvalue weighted by Gasteiger charge is -2.30. The second kappa shape index (κ2) is 7.35. The SMILES string of the molecule is COCCN1COc2c(cc3c(c2C)O/C(=C\c2cccc(Cl)c2)C3=O)C1. The fourth-order valence-corrected chi connectivity index (χ4v) is 3.61. The first kappa shape index (κ1) is 18.0. The van der Waals surface area contributed by atoms with Crippen LogP contribution in [0.4, 0.5) is 0 Å². The lowest BCUT2D eigenvalue weighted by molar-refractivity contribution is 0.0649. The average molecular weight is 386 g/mol. The standard InChI is InChI=1S/C21H20ClNO4/c1-13-20-15(11-23(12-26-20)6-7-25-2)10-17-19(24)18(27-21(13)17)9-14-4-3-5-16(22)8-14/h3-5,8-10H,6-7,11-12H2,1-2H3/b18-9-. The first-order chi connectivity index (χ1) is 13.1. The Morgan fingerprint density at radius 2 is 2.15 bits per heavy atom. The normalized spacial score (nSPS) is 17.4. The van der Waals surface area contributed by atoms with Crippen molar-refractivity contribution in [3.8, 4) is 11.5 Å². The quantitative estimate of drug-likeness (QED) is 0.743. The molecule has 2 aliphatic rings. The van der Waals surface area contributed by atoms with E-state index in [4.69, 9.17) is 25.8 Å². The molecule has 2 heterocycles. The van der Waals surface area contributed by atoms with Gasteiger partial charge >= 0.3 is 0 Å². The van der Waals surface area contributed by atoms with E-state index in [0.29, 0.717) is 42.0 Å². The summed E-state index contributed by atoms with van der Waals surface area (Å²) in [4.78, 5) is 15.0. The van der Waals surface area contributed by atoms with Gasteiger partial charge in [-0.25, -0.2) is 0 Å². The van der Waals surface area contributed by atoms with Crippen molar-refractivity contribution in [2.24, 2.45) is 0 Å². The number of nitrogens with zero attached hydrogens (tertiary/aromatic N) is 1. The highest BCUT2D eigenvalue weighted by Crippen LogP contribution is 2.43. The van der Waals surface area contributed by atoms with Crippen LogP contribution in [0.25, 0.3) is 6.08 Å². The number of ether oxygens (including phenoxy) is 3. The second-order valence-corrected chi connectivity index (χ2v) is 7.12. The topological polar surface area (TPSA) is 48.0 Å². The van der Waals surface area contributed by atoms with Crippen LogP contribution < -0.4 is 9.47 Å². The molecular formula is C21H20ClNO4. The van der Waals surface area contributed by atoms with Crippen molar-refractivity contribution in [3.05, 3.63) is 63.4 Å². The molecule has 2 aromatic carbocycles. The minimum absolute atomic E-state index is 0.120. The maximum Gasteiger partial charge on any atom is 0.231 e. The summed E-state index contributed by atoms with van der Waals surface area (Å²) in [5.74, 6) is 1.57. The first-order valence-electron chi connectivity index (χ1n) is 8.77. The largest absolute Gasteiger partial charge is 0.477 e. The maximum absolute atomic E-state index is 12.9. The Bertz CT molecular complexity index is 938. The zero-order valence-corrected chi connectivity index (χ0v) is 16.0. The van der Waals surface area contributed by atoms with Gasteiger partial charge in [-0.3, -0.25) is 9.69 Å². The van der Waals surface area contributed by atoms with E-state index in [1.54, 1.807) is 25.3 Å². The Balaban J connectivity index is 1.65. The number of carbonyl (C=O) groups is 1. The summed E-state index contributed by atoms with van der Waals surface area (Å²) >= 11 is 6.03. The van der Waals surface area contributed by atoms with Crippen LogP contribution in [0.15, 0.2) is 36.1 Å². The number of fused-ring (bicyclic) bond motifs is 2. The molecule has 6 heteroatoms. The van der Waals surface area contributed by atoms with Crippen LogP contribution in [0.2, 0.25) is 5.02 Å². The highest BCUT2D eigenvalue weighted by atomic mass is 35.5. The molecule has 4 rings (SSSR count). The molecule has 0 amide bonds. The third kappa shape index (κ3) is 3.46. The Hall–Kier alpha value is -2.34. The summed E-state index contributed by atoms with van der Waals surface area (Å²) < 4.78 is 17.0. The molecule has 5 nitrogen and oxygen atoms in total. The second-order valence-electron chi connectivity index (χ2n) is 6.68. The monoisotopic (exact) mass is 385 g/mol. The van der Waals surface area contributed by atoms with Crippen molar-refractivity contribution < 1.29 is 19.0 Å². The summed E-state index contributed by atoms with van der Waals surface area (Å²) in [6, 6.07) is 9.20.